The third kappa shape index (κ3) is 5.41. The average molecular weight is 313 g/mol. The Balaban J connectivity index is 2.73. The van der Waals surface area contributed by atoms with Crippen molar-refractivity contribution in [2.45, 2.75) is 31.2 Å². The molecule has 0 aromatic heterocycles. The van der Waals surface area contributed by atoms with Crippen LogP contribution in [0, 0.1) is 5.92 Å². The third-order valence-corrected chi connectivity index (χ3v) is 4.47. The van der Waals surface area contributed by atoms with Crippen molar-refractivity contribution in [3.63, 3.8) is 0 Å². The van der Waals surface area contributed by atoms with Gasteiger partial charge in [0.15, 0.2) is 11.5 Å². The molecule has 1 unspecified atom stereocenters. The Labute approximate surface area is 132 Å². The predicted molar refractivity (Wildman–Crippen MR) is 88.5 cm³/mol. The van der Waals surface area contributed by atoms with Crippen LogP contribution in [0.2, 0.25) is 0 Å². The molecular formula is C16H27NO3S. The van der Waals surface area contributed by atoms with Gasteiger partial charge in [0.1, 0.15) is 0 Å². The molecule has 1 atom stereocenters. The summed E-state index contributed by atoms with van der Waals surface area (Å²) in [5.74, 6) is 2.04. The zero-order valence-electron chi connectivity index (χ0n) is 13.4. The Morgan fingerprint density at radius 3 is 2.43 bits per heavy atom. The lowest BCUT2D eigenvalue weighted by atomic mass is 10.0. The van der Waals surface area contributed by atoms with Crippen LogP contribution in [0.4, 0.5) is 0 Å². The van der Waals surface area contributed by atoms with Gasteiger partial charge in [-0.3, -0.25) is 0 Å². The molecule has 0 saturated carbocycles. The maximum absolute atomic E-state index is 9.03. The summed E-state index contributed by atoms with van der Waals surface area (Å²) in [4.78, 5) is 1.19. The molecule has 1 rings (SSSR count). The fourth-order valence-electron chi connectivity index (χ4n) is 2.27. The average Bonchev–Trinajstić information content (AvgIpc) is 2.53. The number of nitrogens with one attached hydrogen (secondary N) is 1. The maximum atomic E-state index is 9.03. The summed E-state index contributed by atoms with van der Waals surface area (Å²) in [7, 11) is 3.31. The molecular weight excluding hydrogens is 286 g/mol. The van der Waals surface area contributed by atoms with Gasteiger partial charge in [-0.2, -0.15) is 0 Å². The summed E-state index contributed by atoms with van der Waals surface area (Å²) in [6, 6.07) is 4.05. The first-order chi connectivity index (χ1) is 10.2. The van der Waals surface area contributed by atoms with E-state index in [1.807, 2.05) is 12.1 Å². The summed E-state index contributed by atoms with van der Waals surface area (Å²) in [6.07, 6.45) is 3.99. The predicted octanol–water partition coefficient (Wildman–Crippen LogP) is 2.92. The van der Waals surface area contributed by atoms with Crippen molar-refractivity contribution in [1.29, 1.82) is 0 Å². The molecule has 0 spiro atoms. The topological polar surface area (TPSA) is 50.7 Å². The number of thioether (sulfide) groups is 1. The molecule has 1 aromatic rings. The van der Waals surface area contributed by atoms with Crippen LogP contribution in [-0.2, 0) is 6.54 Å². The van der Waals surface area contributed by atoms with Crippen molar-refractivity contribution in [2.75, 3.05) is 33.6 Å². The van der Waals surface area contributed by atoms with Crippen molar-refractivity contribution in [3.05, 3.63) is 17.7 Å². The quantitative estimate of drug-likeness (QED) is 0.651. The molecule has 0 saturated heterocycles. The lowest BCUT2D eigenvalue weighted by Gasteiger charge is -2.17. The molecule has 21 heavy (non-hydrogen) atoms. The van der Waals surface area contributed by atoms with Gasteiger partial charge in [0.2, 0.25) is 0 Å². The lowest BCUT2D eigenvalue weighted by Crippen LogP contribution is -2.23. The SMILES string of the molecule is CCC(CCO)CNCc1cc(OC)c(OC)cc1SC. The molecule has 120 valence electrons. The molecule has 1 aromatic carbocycles. The molecule has 0 bridgehead atoms. The van der Waals surface area contributed by atoms with E-state index in [4.69, 9.17) is 14.6 Å². The minimum Gasteiger partial charge on any atom is -0.493 e. The van der Waals surface area contributed by atoms with Crippen LogP contribution < -0.4 is 14.8 Å². The van der Waals surface area contributed by atoms with Gasteiger partial charge >= 0.3 is 0 Å². The highest BCUT2D eigenvalue weighted by Crippen LogP contribution is 2.34. The first-order valence-corrected chi connectivity index (χ1v) is 8.53. The maximum Gasteiger partial charge on any atom is 0.161 e. The smallest absolute Gasteiger partial charge is 0.161 e. The summed E-state index contributed by atoms with van der Waals surface area (Å²) in [5, 5.41) is 12.5. The van der Waals surface area contributed by atoms with E-state index in [0.717, 1.165) is 37.4 Å². The zero-order valence-corrected chi connectivity index (χ0v) is 14.3. The van der Waals surface area contributed by atoms with E-state index >= 15 is 0 Å². The highest BCUT2D eigenvalue weighted by atomic mass is 32.2. The summed E-state index contributed by atoms with van der Waals surface area (Å²) < 4.78 is 10.7. The normalized spacial score (nSPS) is 12.2. The zero-order chi connectivity index (χ0) is 15.7. The van der Waals surface area contributed by atoms with Gasteiger partial charge in [-0.1, -0.05) is 13.3 Å². The van der Waals surface area contributed by atoms with Crippen LogP contribution in [0.1, 0.15) is 25.3 Å². The first-order valence-electron chi connectivity index (χ1n) is 7.30. The van der Waals surface area contributed by atoms with Gasteiger partial charge in [-0.25, -0.2) is 0 Å². The van der Waals surface area contributed by atoms with Crippen molar-refractivity contribution < 1.29 is 14.6 Å². The second-order valence-corrected chi connectivity index (χ2v) is 5.78. The van der Waals surface area contributed by atoms with E-state index in [2.05, 4.69) is 18.5 Å². The van der Waals surface area contributed by atoms with Crippen molar-refractivity contribution in [1.82, 2.24) is 5.32 Å². The first kappa shape index (κ1) is 18.1. The fraction of sp³-hybridized carbons (Fsp3) is 0.625. The van der Waals surface area contributed by atoms with Crippen LogP contribution in [0.3, 0.4) is 0 Å². The molecule has 0 radical (unpaired) electrons. The van der Waals surface area contributed by atoms with E-state index in [9.17, 15) is 0 Å². The largest absolute Gasteiger partial charge is 0.493 e. The monoisotopic (exact) mass is 313 g/mol. The van der Waals surface area contributed by atoms with Gasteiger partial charge in [-0.15, -0.1) is 11.8 Å². The molecule has 0 fully saturated rings. The molecule has 2 N–H and O–H groups in total. The number of rotatable bonds is 10. The Hall–Kier alpha value is -0.910. The molecule has 4 nitrogen and oxygen atoms in total. The van der Waals surface area contributed by atoms with Gasteiger partial charge < -0.3 is 19.9 Å². The van der Waals surface area contributed by atoms with Gasteiger partial charge in [0, 0.05) is 18.0 Å². The van der Waals surface area contributed by atoms with Gasteiger partial charge in [0.25, 0.3) is 0 Å². The Morgan fingerprint density at radius 2 is 1.90 bits per heavy atom. The molecule has 0 heterocycles. The minimum absolute atomic E-state index is 0.257. The van der Waals surface area contributed by atoms with E-state index < -0.39 is 0 Å². The van der Waals surface area contributed by atoms with Crippen LogP contribution in [0.25, 0.3) is 0 Å². The lowest BCUT2D eigenvalue weighted by molar-refractivity contribution is 0.251. The Morgan fingerprint density at radius 1 is 1.24 bits per heavy atom. The number of ether oxygens (including phenoxy) is 2. The highest BCUT2D eigenvalue weighted by Gasteiger charge is 2.11. The number of hydrogen-bond acceptors (Lipinski definition) is 5. The van der Waals surface area contributed by atoms with Crippen LogP contribution >= 0.6 is 11.8 Å². The molecule has 0 amide bonds. The standard InChI is InChI=1S/C16H27NO3S/c1-5-12(6-7-18)10-17-11-13-8-14(19-2)15(20-3)9-16(13)21-4/h8-9,12,17-18H,5-7,10-11H2,1-4H3. The molecule has 0 aliphatic heterocycles. The van der Waals surface area contributed by atoms with E-state index in [-0.39, 0.29) is 6.61 Å². The summed E-state index contributed by atoms with van der Waals surface area (Å²) in [5.41, 5.74) is 1.21. The number of methoxy groups -OCH3 is 2. The van der Waals surface area contributed by atoms with Crippen LogP contribution in [0.15, 0.2) is 17.0 Å². The van der Waals surface area contributed by atoms with Crippen molar-refractivity contribution in [3.8, 4) is 11.5 Å². The van der Waals surface area contributed by atoms with Gasteiger partial charge in [-0.05, 0) is 42.8 Å². The Kier molecular flexibility index (Phi) is 8.57. The second kappa shape index (κ2) is 9.92. The summed E-state index contributed by atoms with van der Waals surface area (Å²) in [6.45, 7) is 4.12. The van der Waals surface area contributed by atoms with E-state index in [1.165, 1.54) is 10.5 Å². The fourth-order valence-corrected chi connectivity index (χ4v) is 2.89. The third-order valence-electron chi connectivity index (χ3n) is 3.65. The number of hydrogen-bond donors (Lipinski definition) is 2. The van der Waals surface area contributed by atoms with E-state index in [0.29, 0.717) is 5.92 Å². The van der Waals surface area contributed by atoms with E-state index in [1.54, 1.807) is 26.0 Å². The second-order valence-electron chi connectivity index (χ2n) is 4.94. The van der Waals surface area contributed by atoms with Crippen LogP contribution in [0.5, 0.6) is 11.5 Å². The molecule has 0 aliphatic rings. The minimum atomic E-state index is 0.257. The van der Waals surface area contributed by atoms with Crippen molar-refractivity contribution >= 4 is 11.8 Å². The van der Waals surface area contributed by atoms with Gasteiger partial charge in [0.05, 0.1) is 14.2 Å². The highest BCUT2D eigenvalue weighted by molar-refractivity contribution is 7.98. The number of aliphatic hydroxyl groups excluding tert-OH is 1. The van der Waals surface area contributed by atoms with Crippen molar-refractivity contribution in [2.24, 2.45) is 5.92 Å². The molecule has 5 heteroatoms. The Bertz CT molecular complexity index is 426. The molecule has 0 aliphatic carbocycles. The number of benzene rings is 1. The summed E-state index contributed by atoms with van der Waals surface area (Å²) >= 11 is 1.70. The van der Waals surface area contributed by atoms with Crippen LogP contribution in [-0.4, -0.2) is 38.7 Å². The number of aliphatic hydroxyl groups is 1.